The van der Waals surface area contributed by atoms with Crippen molar-refractivity contribution in [2.24, 2.45) is 5.73 Å². The summed E-state index contributed by atoms with van der Waals surface area (Å²) in [4.78, 5) is 38.4. The van der Waals surface area contributed by atoms with Gasteiger partial charge in [0.25, 0.3) is 11.8 Å². The van der Waals surface area contributed by atoms with Crippen LogP contribution in [0.2, 0.25) is 0 Å². The maximum atomic E-state index is 13.2. The Morgan fingerprint density at radius 1 is 0.912 bits per heavy atom. The quantitative estimate of drug-likeness (QED) is 0.235. The Morgan fingerprint density at radius 2 is 1.56 bits per heavy atom. The summed E-state index contributed by atoms with van der Waals surface area (Å²) in [6.07, 6.45) is 2.25. The van der Waals surface area contributed by atoms with Gasteiger partial charge in [-0.3, -0.25) is 19.6 Å². The van der Waals surface area contributed by atoms with E-state index in [4.69, 9.17) is 10.9 Å². The molecule has 7 nitrogen and oxygen atoms in total. The lowest BCUT2D eigenvalue weighted by Gasteiger charge is -2.29. The molecular weight excluding hydrogens is 437 g/mol. The molecule has 0 fully saturated rings. The van der Waals surface area contributed by atoms with Crippen molar-refractivity contribution in [1.29, 1.82) is 0 Å². The zero-order valence-corrected chi connectivity index (χ0v) is 18.1. The molecular formula is C26H22FN3O4. The first-order valence-electron chi connectivity index (χ1n) is 10.6. The van der Waals surface area contributed by atoms with Crippen LogP contribution in [0.25, 0.3) is 11.6 Å². The summed E-state index contributed by atoms with van der Waals surface area (Å²) >= 11 is 0. The van der Waals surface area contributed by atoms with Crippen LogP contribution in [0.4, 0.5) is 4.39 Å². The van der Waals surface area contributed by atoms with Crippen molar-refractivity contribution in [3.8, 4) is 0 Å². The van der Waals surface area contributed by atoms with E-state index in [1.165, 1.54) is 24.3 Å². The Morgan fingerprint density at radius 3 is 2.21 bits per heavy atom. The monoisotopic (exact) mass is 459 g/mol. The molecule has 0 aromatic heterocycles. The van der Waals surface area contributed by atoms with Crippen molar-refractivity contribution < 1.29 is 24.0 Å². The van der Waals surface area contributed by atoms with Gasteiger partial charge in [-0.15, -0.1) is 0 Å². The number of rotatable bonds is 5. The van der Waals surface area contributed by atoms with Crippen LogP contribution in [0.5, 0.6) is 0 Å². The van der Waals surface area contributed by atoms with Gasteiger partial charge in [0.05, 0.1) is 0 Å². The second-order valence-electron chi connectivity index (χ2n) is 7.95. The highest BCUT2D eigenvalue weighted by Gasteiger charge is 2.23. The number of primary amides is 1. The van der Waals surface area contributed by atoms with Gasteiger partial charge in [0.15, 0.2) is 0 Å². The summed E-state index contributed by atoms with van der Waals surface area (Å²) in [5.74, 6) is -1.82. The normalized spacial score (nSPS) is 13.2. The molecule has 0 saturated carbocycles. The summed E-state index contributed by atoms with van der Waals surface area (Å²) in [5, 5.41) is 8.86. The summed E-state index contributed by atoms with van der Waals surface area (Å²) in [6.45, 7) is 0.883. The van der Waals surface area contributed by atoms with Gasteiger partial charge >= 0.3 is 0 Å². The molecule has 0 spiro atoms. The maximum absolute atomic E-state index is 13.2. The van der Waals surface area contributed by atoms with Crippen LogP contribution in [0.3, 0.4) is 0 Å². The molecule has 0 aliphatic carbocycles. The fraction of sp³-hybridized carbons (Fsp3) is 0.115. The van der Waals surface area contributed by atoms with Crippen molar-refractivity contribution in [3.63, 3.8) is 0 Å². The number of nitrogens with one attached hydrogen (secondary N) is 1. The van der Waals surface area contributed by atoms with Gasteiger partial charge in [0.1, 0.15) is 5.82 Å². The predicted octanol–water partition coefficient (Wildman–Crippen LogP) is 3.17. The van der Waals surface area contributed by atoms with Gasteiger partial charge < -0.3 is 10.6 Å². The minimum absolute atomic E-state index is 0.160. The fourth-order valence-corrected chi connectivity index (χ4v) is 3.93. The number of hydrogen-bond donors (Lipinski definition) is 3. The van der Waals surface area contributed by atoms with Crippen molar-refractivity contribution in [2.45, 2.75) is 13.0 Å². The second-order valence-corrected chi connectivity index (χ2v) is 7.95. The number of hydroxylamine groups is 1. The summed E-state index contributed by atoms with van der Waals surface area (Å²) in [6, 6.07) is 17.4. The lowest BCUT2D eigenvalue weighted by atomic mass is 9.96. The molecule has 1 aliphatic rings. The van der Waals surface area contributed by atoms with E-state index in [1.807, 2.05) is 6.07 Å². The Balaban J connectivity index is 1.52. The van der Waals surface area contributed by atoms with Gasteiger partial charge in [-0.2, -0.15) is 0 Å². The lowest BCUT2D eigenvalue weighted by Crippen LogP contribution is -2.36. The van der Waals surface area contributed by atoms with Gasteiger partial charge in [-0.1, -0.05) is 30.3 Å². The van der Waals surface area contributed by atoms with Crippen LogP contribution >= 0.6 is 0 Å². The number of carbonyl (C=O) groups excluding carboxylic acids is 3. The third-order valence-corrected chi connectivity index (χ3v) is 5.76. The summed E-state index contributed by atoms with van der Waals surface area (Å²) < 4.78 is 13.2. The third kappa shape index (κ3) is 4.87. The molecule has 3 amide bonds. The molecule has 34 heavy (non-hydrogen) atoms. The van der Waals surface area contributed by atoms with E-state index in [9.17, 15) is 18.8 Å². The molecule has 1 heterocycles. The molecule has 3 aromatic carbocycles. The molecule has 0 bridgehead atoms. The van der Waals surface area contributed by atoms with E-state index in [0.717, 1.165) is 11.1 Å². The molecule has 0 unspecified atom stereocenters. The molecule has 0 radical (unpaired) electrons. The summed E-state index contributed by atoms with van der Waals surface area (Å²) in [7, 11) is 0. The SMILES string of the molecule is NC(=O)/C(=C/c1ccc(C(=O)N2CCc3ccc(C(=O)NO)cc3C2)cc1)c1ccc(F)cc1. The van der Waals surface area contributed by atoms with E-state index in [-0.39, 0.29) is 11.5 Å². The average molecular weight is 459 g/mol. The van der Waals surface area contributed by atoms with Gasteiger partial charge in [-0.05, 0) is 71.1 Å². The molecule has 0 atom stereocenters. The number of nitrogens with two attached hydrogens (primary N) is 1. The Labute approximate surface area is 195 Å². The lowest BCUT2D eigenvalue weighted by molar-refractivity contribution is -0.112. The van der Waals surface area contributed by atoms with Crippen LogP contribution < -0.4 is 11.2 Å². The van der Waals surface area contributed by atoms with Crippen molar-refractivity contribution >= 4 is 29.4 Å². The van der Waals surface area contributed by atoms with Gasteiger partial charge in [0, 0.05) is 29.8 Å². The molecule has 8 heteroatoms. The largest absolute Gasteiger partial charge is 0.366 e. The van der Waals surface area contributed by atoms with E-state index in [0.29, 0.717) is 41.8 Å². The Hall–Kier alpha value is -4.30. The van der Waals surface area contributed by atoms with Crippen molar-refractivity contribution in [3.05, 3.63) is 106 Å². The predicted molar refractivity (Wildman–Crippen MR) is 124 cm³/mol. The number of benzene rings is 3. The number of fused-ring (bicyclic) bond motifs is 1. The molecule has 4 rings (SSSR count). The standard InChI is InChI=1S/C26H22FN3O4/c27-22-9-7-18(8-10-22)23(24(28)31)13-16-1-3-19(4-2-16)26(33)30-12-11-17-5-6-20(25(32)29-34)14-21(17)15-30/h1-10,13-14,34H,11-12,15H2,(H2,28,31)(H,29,32)/b23-13+. The fourth-order valence-electron chi connectivity index (χ4n) is 3.93. The van der Waals surface area contributed by atoms with Crippen LogP contribution in [-0.4, -0.2) is 34.4 Å². The zero-order chi connectivity index (χ0) is 24.2. The first-order chi connectivity index (χ1) is 16.4. The second kappa shape index (κ2) is 9.68. The van der Waals surface area contributed by atoms with Gasteiger partial charge in [0.2, 0.25) is 5.91 Å². The van der Waals surface area contributed by atoms with E-state index < -0.39 is 17.6 Å². The smallest absolute Gasteiger partial charge is 0.274 e. The van der Waals surface area contributed by atoms with Crippen LogP contribution in [-0.2, 0) is 17.8 Å². The molecule has 4 N–H and O–H groups in total. The maximum Gasteiger partial charge on any atom is 0.274 e. The molecule has 0 saturated heterocycles. The average Bonchev–Trinajstić information content (AvgIpc) is 2.86. The highest BCUT2D eigenvalue weighted by molar-refractivity contribution is 6.23. The third-order valence-electron chi connectivity index (χ3n) is 5.76. The number of amides is 3. The molecule has 172 valence electrons. The highest BCUT2D eigenvalue weighted by atomic mass is 19.1. The van der Waals surface area contributed by atoms with Gasteiger partial charge in [-0.25, -0.2) is 9.87 Å². The van der Waals surface area contributed by atoms with E-state index >= 15 is 0 Å². The summed E-state index contributed by atoms with van der Waals surface area (Å²) in [5.41, 5.74) is 11.2. The first-order valence-corrected chi connectivity index (χ1v) is 10.6. The Kier molecular flexibility index (Phi) is 6.51. The minimum Gasteiger partial charge on any atom is -0.366 e. The van der Waals surface area contributed by atoms with Crippen molar-refractivity contribution in [1.82, 2.24) is 10.4 Å². The molecule has 3 aromatic rings. The topological polar surface area (TPSA) is 113 Å². The zero-order valence-electron chi connectivity index (χ0n) is 18.1. The van der Waals surface area contributed by atoms with Crippen LogP contribution in [0.15, 0.2) is 66.7 Å². The number of carbonyl (C=O) groups is 3. The number of nitrogens with zero attached hydrogens (tertiary/aromatic N) is 1. The first kappa shape index (κ1) is 22.9. The van der Waals surface area contributed by atoms with Crippen LogP contribution in [0, 0.1) is 5.82 Å². The number of halogens is 1. The Bertz CT molecular complexity index is 1280. The number of hydrogen-bond acceptors (Lipinski definition) is 4. The molecule has 1 aliphatic heterocycles. The van der Waals surface area contributed by atoms with Crippen molar-refractivity contribution in [2.75, 3.05) is 6.54 Å². The highest BCUT2D eigenvalue weighted by Crippen LogP contribution is 2.23. The van der Waals surface area contributed by atoms with Crippen LogP contribution in [0.1, 0.15) is 43.0 Å². The van der Waals surface area contributed by atoms with E-state index in [1.54, 1.807) is 52.9 Å². The minimum atomic E-state index is -0.645. The van der Waals surface area contributed by atoms with E-state index in [2.05, 4.69) is 0 Å².